The molecular weight excluding hydrogens is 292 g/mol. The van der Waals surface area contributed by atoms with E-state index in [4.69, 9.17) is 5.73 Å². The third-order valence-electron chi connectivity index (χ3n) is 3.44. The number of thiazole rings is 1. The van der Waals surface area contributed by atoms with Gasteiger partial charge in [0.15, 0.2) is 5.13 Å². The molecule has 1 saturated heterocycles. The number of aromatic nitrogens is 1. The van der Waals surface area contributed by atoms with Gasteiger partial charge < -0.3 is 16.0 Å². The van der Waals surface area contributed by atoms with E-state index in [0.29, 0.717) is 10.7 Å². The monoisotopic (exact) mass is 314 g/mol. The van der Waals surface area contributed by atoms with Crippen molar-refractivity contribution in [2.75, 3.05) is 35.2 Å². The number of nitrogens with two attached hydrogens (primary N) is 1. The number of anilines is 2. The highest BCUT2D eigenvalue weighted by atomic mass is 32.2. The maximum absolute atomic E-state index is 12.3. The van der Waals surface area contributed by atoms with Crippen LogP contribution in [0, 0.1) is 0 Å². The first-order valence-corrected chi connectivity index (χ1v) is 9.02. The number of nitrogen functional groups attached to an aromatic ring is 1. The van der Waals surface area contributed by atoms with Gasteiger partial charge in [-0.2, -0.15) is 11.8 Å². The van der Waals surface area contributed by atoms with E-state index in [0.717, 1.165) is 42.6 Å². The van der Waals surface area contributed by atoms with Gasteiger partial charge in [0.05, 0.1) is 0 Å². The SMILES string of the molecule is CCN(CC)c1nc(N)c(C(=O)NC2CCSCC2)s1. The molecule has 0 bridgehead atoms. The average molecular weight is 314 g/mol. The number of amides is 1. The van der Waals surface area contributed by atoms with Gasteiger partial charge in [-0.15, -0.1) is 0 Å². The van der Waals surface area contributed by atoms with Crippen molar-refractivity contribution in [2.24, 2.45) is 0 Å². The van der Waals surface area contributed by atoms with E-state index < -0.39 is 0 Å². The summed E-state index contributed by atoms with van der Waals surface area (Å²) in [5, 5.41) is 3.91. The molecule has 5 nitrogen and oxygen atoms in total. The maximum atomic E-state index is 12.3. The Morgan fingerprint density at radius 2 is 2.05 bits per heavy atom. The fourth-order valence-electron chi connectivity index (χ4n) is 2.21. The zero-order valence-electron chi connectivity index (χ0n) is 12.0. The Kier molecular flexibility index (Phi) is 5.54. The molecule has 20 heavy (non-hydrogen) atoms. The molecule has 1 amide bonds. The molecule has 0 unspecified atom stereocenters. The molecule has 0 atom stereocenters. The second-order valence-electron chi connectivity index (χ2n) is 4.74. The van der Waals surface area contributed by atoms with E-state index in [1.165, 1.54) is 11.3 Å². The molecule has 7 heteroatoms. The Morgan fingerprint density at radius 3 is 2.65 bits per heavy atom. The molecule has 1 aromatic rings. The fourth-order valence-corrected chi connectivity index (χ4v) is 4.33. The van der Waals surface area contributed by atoms with Crippen molar-refractivity contribution in [1.82, 2.24) is 10.3 Å². The highest BCUT2D eigenvalue weighted by molar-refractivity contribution is 7.99. The van der Waals surface area contributed by atoms with Crippen molar-refractivity contribution in [3.63, 3.8) is 0 Å². The average Bonchev–Trinajstić information content (AvgIpc) is 2.83. The zero-order valence-corrected chi connectivity index (χ0v) is 13.6. The first-order chi connectivity index (χ1) is 9.65. The van der Waals surface area contributed by atoms with Crippen LogP contribution in [0.1, 0.15) is 36.4 Å². The summed E-state index contributed by atoms with van der Waals surface area (Å²) >= 11 is 3.33. The smallest absolute Gasteiger partial charge is 0.265 e. The number of rotatable bonds is 5. The minimum atomic E-state index is -0.0738. The number of hydrogen-bond acceptors (Lipinski definition) is 6. The van der Waals surface area contributed by atoms with Crippen LogP contribution in [0.3, 0.4) is 0 Å². The van der Waals surface area contributed by atoms with Crippen molar-refractivity contribution in [3.8, 4) is 0 Å². The summed E-state index contributed by atoms with van der Waals surface area (Å²) in [6.07, 6.45) is 2.08. The molecule has 0 aliphatic carbocycles. The number of carbonyl (C=O) groups excluding carboxylic acids is 1. The molecule has 1 fully saturated rings. The Balaban J connectivity index is 2.05. The van der Waals surface area contributed by atoms with Crippen molar-refractivity contribution < 1.29 is 4.79 Å². The number of nitrogens with one attached hydrogen (secondary N) is 1. The van der Waals surface area contributed by atoms with E-state index in [1.54, 1.807) is 0 Å². The summed E-state index contributed by atoms with van der Waals surface area (Å²) in [5.74, 6) is 2.51. The van der Waals surface area contributed by atoms with Crippen LogP contribution < -0.4 is 16.0 Å². The lowest BCUT2D eigenvalue weighted by molar-refractivity contribution is 0.0939. The molecule has 0 aromatic carbocycles. The summed E-state index contributed by atoms with van der Waals surface area (Å²) in [7, 11) is 0. The summed E-state index contributed by atoms with van der Waals surface area (Å²) in [4.78, 5) is 19.3. The largest absolute Gasteiger partial charge is 0.382 e. The number of hydrogen-bond donors (Lipinski definition) is 2. The summed E-state index contributed by atoms with van der Waals surface area (Å²) < 4.78 is 0. The van der Waals surface area contributed by atoms with Crippen LogP contribution in [0.25, 0.3) is 0 Å². The van der Waals surface area contributed by atoms with Crippen LogP contribution in [0.15, 0.2) is 0 Å². The molecule has 3 N–H and O–H groups in total. The van der Waals surface area contributed by atoms with E-state index in [1.807, 2.05) is 11.8 Å². The van der Waals surface area contributed by atoms with Crippen LogP contribution in [0.4, 0.5) is 10.9 Å². The van der Waals surface area contributed by atoms with Crippen molar-refractivity contribution in [2.45, 2.75) is 32.7 Å². The molecule has 1 aliphatic heterocycles. The van der Waals surface area contributed by atoms with Gasteiger partial charge in [-0.1, -0.05) is 11.3 Å². The lowest BCUT2D eigenvalue weighted by atomic mass is 10.1. The van der Waals surface area contributed by atoms with E-state index >= 15 is 0 Å². The summed E-state index contributed by atoms with van der Waals surface area (Å²) in [6, 6.07) is 0.280. The van der Waals surface area contributed by atoms with E-state index in [-0.39, 0.29) is 11.9 Å². The third kappa shape index (κ3) is 3.58. The molecule has 2 rings (SSSR count). The van der Waals surface area contributed by atoms with Crippen LogP contribution >= 0.6 is 23.1 Å². The second kappa shape index (κ2) is 7.17. The number of thioether (sulfide) groups is 1. The maximum Gasteiger partial charge on any atom is 0.265 e. The van der Waals surface area contributed by atoms with Crippen LogP contribution in [-0.4, -0.2) is 41.5 Å². The van der Waals surface area contributed by atoms with Crippen molar-refractivity contribution in [3.05, 3.63) is 4.88 Å². The fraction of sp³-hybridized carbons (Fsp3) is 0.692. The number of carbonyl (C=O) groups is 1. The van der Waals surface area contributed by atoms with E-state index in [9.17, 15) is 4.79 Å². The lowest BCUT2D eigenvalue weighted by Gasteiger charge is -2.22. The Labute approximate surface area is 128 Å². The number of nitrogens with zero attached hydrogens (tertiary/aromatic N) is 2. The molecule has 0 saturated carbocycles. The second-order valence-corrected chi connectivity index (χ2v) is 6.95. The van der Waals surface area contributed by atoms with Gasteiger partial charge in [0.2, 0.25) is 0 Å². The van der Waals surface area contributed by atoms with Crippen LogP contribution in [0.2, 0.25) is 0 Å². The highest BCUT2D eigenvalue weighted by Crippen LogP contribution is 2.28. The molecule has 0 spiro atoms. The van der Waals surface area contributed by atoms with E-state index in [2.05, 4.69) is 29.0 Å². The Morgan fingerprint density at radius 1 is 1.40 bits per heavy atom. The van der Waals surface area contributed by atoms with Gasteiger partial charge >= 0.3 is 0 Å². The highest BCUT2D eigenvalue weighted by Gasteiger charge is 2.22. The van der Waals surface area contributed by atoms with Crippen LogP contribution in [-0.2, 0) is 0 Å². The van der Waals surface area contributed by atoms with Gasteiger partial charge in [-0.3, -0.25) is 4.79 Å². The van der Waals surface area contributed by atoms with Gasteiger partial charge in [-0.05, 0) is 38.2 Å². The minimum absolute atomic E-state index is 0.0738. The molecule has 2 heterocycles. The van der Waals surface area contributed by atoms with Gasteiger partial charge in [0, 0.05) is 19.1 Å². The summed E-state index contributed by atoms with van der Waals surface area (Å²) in [5.41, 5.74) is 5.90. The molecular formula is C13H22N4OS2. The van der Waals surface area contributed by atoms with Gasteiger partial charge in [0.25, 0.3) is 5.91 Å². The molecule has 0 radical (unpaired) electrons. The predicted octanol–water partition coefficient (Wildman–Crippen LogP) is 2.20. The normalized spacial score (nSPS) is 16.1. The quantitative estimate of drug-likeness (QED) is 0.872. The van der Waals surface area contributed by atoms with Crippen molar-refractivity contribution in [1.29, 1.82) is 0 Å². The Hall–Kier alpha value is -0.950. The minimum Gasteiger partial charge on any atom is -0.382 e. The van der Waals surface area contributed by atoms with Crippen LogP contribution in [0.5, 0.6) is 0 Å². The first kappa shape index (κ1) is 15.4. The van der Waals surface area contributed by atoms with Gasteiger partial charge in [-0.25, -0.2) is 4.98 Å². The Bertz CT molecular complexity index is 453. The van der Waals surface area contributed by atoms with Gasteiger partial charge in [0.1, 0.15) is 10.7 Å². The molecule has 1 aliphatic rings. The molecule has 112 valence electrons. The topological polar surface area (TPSA) is 71.2 Å². The first-order valence-electron chi connectivity index (χ1n) is 7.05. The predicted molar refractivity (Wildman–Crippen MR) is 87.9 cm³/mol. The lowest BCUT2D eigenvalue weighted by Crippen LogP contribution is -2.37. The zero-order chi connectivity index (χ0) is 14.5. The summed E-state index contributed by atoms with van der Waals surface area (Å²) in [6.45, 7) is 5.87. The standard InChI is InChI=1S/C13H22N4OS2/c1-3-17(4-2)13-16-11(14)10(20-13)12(18)15-9-5-7-19-8-6-9/h9H,3-8,14H2,1-2H3,(H,15,18). The third-order valence-corrected chi connectivity index (χ3v) is 5.62. The van der Waals surface area contributed by atoms with Crippen molar-refractivity contribution >= 4 is 40.0 Å². The molecule has 1 aromatic heterocycles.